The number of para-hydroxylation sites is 4. The van der Waals surface area contributed by atoms with Crippen LogP contribution < -0.4 is 4.90 Å². The van der Waals surface area contributed by atoms with E-state index in [0.717, 1.165) is 96.0 Å². The summed E-state index contributed by atoms with van der Waals surface area (Å²) in [5, 5.41) is 4.54. The molecule has 11 rings (SSSR count). The van der Waals surface area contributed by atoms with Crippen LogP contribution in [0, 0.1) is 0 Å². The first-order valence-corrected chi connectivity index (χ1v) is 19.6. The predicted octanol–water partition coefficient (Wildman–Crippen LogP) is 15.5. The standard InChI is InChI=1S/C54H37NO2/c1-2-10-36(11-3-1)37-20-22-38(23-21-37)39-24-30-42(31-25-39)55(43-32-26-40(27-33-43)45-14-8-16-49-47-12-4-6-18-51(47)56-53(45)49)44-34-28-41(29-35-44)46-15-9-17-50-48-13-5-7-19-52(48)57-54(46)50/h1-20,22,24-35H,21,23H2. The summed E-state index contributed by atoms with van der Waals surface area (Å²) in [6.07, 6.45) is 6.63. The monoisotopic (exact) mass is 731 g/mol. The molecule has 0 saturated carbocycles. The third-order valence-electron chi connectivity index (χ3n) is 11.5. The van der Waals surface area contributed by atoms with E-state index in [1.807, 2.05) is 24.3 Å². The molecule has 57 heavy (non-hydrogen) atoms. The van der Waals surface area contributed by atoms with Crippen molar-refractivity contribution in [2.75, 3.05) is 4.90 Å². The summed E-state index contributed by atoms with van der Waals surface area (Å²) in [6, 6.07) is 66.8. The Morgan fingerprint density at radius 3 is 1.16 bits per heavy atom. The van der Waals surface area contributed by atoms with Gasteiger partial charge in [0, 0.05) is 49.7 Å². The number of allylic oxidation sites excluding steroid dienone is 4. The van der Waals surface area contributed by atoms with Gasteiger partial charge in [0.1, 0.15) is 22.3 Å². The minimum absolute atomic E-state index is 0.905. The van der Waals surface area contributed by atoms with Gasteiger partial charge in [0.2, 0.25) is 0 Å². The highest BCUT2D eigenvalue weighted by Crippen LogP contribution is 2.42. The molecule has 0 atom stereocenters. The molecule has 0 N–H and O–H groups in total. The molecular formula is C54H37NO2. The fourth-order valence-electron chi connectivity index (χ4n) is 8.57. The van der Waals surface area contributed by atoms with Gasteiger partial charge in [-0.3, -0.25) is 0 Å². The van der Waals surface area contributed by atoms with Crippen molar-refractivity contribution in [2.45, 2.75) is 12.8 Å². The third kappa shape index (κ3) is 5.84. The van der Waals surface area contributed by atoms with Gasteiger partial charge in [0.25, 0.3) is 0 Å². The van der Waals surface area contributed by atoms with E-state index in [-0.39, 0.29) is 0 Å². The van der Waals surface area contributed by atoms with Gasteiger partial charge in [-0.25, -0.2) is 0 Å². The second-order valence-corrected chi connectivity index (χ2v) is 14.8. The molecule has 1 aliphatic carbocycles. The summed E-state index contributed by atoms with van der Waals surface area (Å²) >= 11 is 0. The van der Waals surface area contributed by atoms with E-state index in [2.05, 4.69) is 181 Å². The van der Waals surface area contributed by atoms with Crippen molar-refractivity contribution in [3.05, 3.63) is 211 Å². The lowest BCUT2D eigenvalue weighted by atomic mass is 9.90. The maximum atomic E-state index is 6.41. The Morgan fingerprint density at radius 1 is 0.316 bits per heavy atom. The summed E-state index contributed by atoms with van der Waals surface area (Å²) in [5.74, 6) is 0. The Kier molecular flexibility index (Phi) is 7.96. The van der Waals surface area contributed by atoms with E-state index in [1.54, 1.807) is 0 Å². The maximum absolute atomic E-state index is 6.41. The lowest BCUT2D eigenvalue weighted by Gasteiger charge is -2.26. The lowest BCUT2D eigenvalue weighted by Crippen LogP contribution is -2.10. The van der Waals surface area contributed by atoms with Gasteiger partial charge in [0.05, 0.1) is 0 Å². The van der Waals surface area contributed by atoms with Crippen molar-refractivity contribution in [3.63, 3.8) is 0 Å². The van der Waals surface area contributed by atoms with Crippen molar-refractivity contribution < 1.29 is 8.83 Å². The van der Waals surface area contributed by atoms with Gasteiger partial charge < -0.3 is 13.7 Å². The number of benzene rings is 8. The highest BCUT2D eigenvalue weighted by Gasteiger charge is 2.18. The summed E-state index contributed by atoms with van der Waals surface area (Å²) in [5.41, 5.74) is 16.6. The molecule has 2 aromatic heterocycles. The summed E-state index contributed by atoms with van der Waals surface area (Å²) in [6.45, 7) is 0. The molecule has 0 unspecified atom stereocenters. The number of fused-ring (bicyclic) bond motifs is 6. The first-order chi connectivity index (χ1) is 28.2. The zero-order valence-electron chi connectivity index (χ0n) is 31.2. The third-order valence-corrected chi connectivity index (χ3v) is 11.5. The highest BCUT2D eigenvalue weighted by atomic mass is 16.3. The Morgan fingerprint density at radius 2 is 0.702 bits per heavy atom. The molecule has 0 fully saturated rings. The van der Waals surface area contributed by atoms with Crippen LogP contribution >= 0.6 is 0 Å². The van der Waals surface area contributed by atoms with Gasteiger partial charge in [-0.1, -0.05) is 152 Å². The Labute approximate surface area is 331 Å². The predicted molar refractivity (Wildman–Crippen MR) is 238 cm³/mol. The van der Waals surface area contributed by atoms with E-state index in [4.69, 9.17) is 8.83 Å². The minimum atomic E-state index is 0.905. The van der Waals surface area contributed by atoms with Gasteiger partial charge in [-0.15, -0.1) is 0 Å². The van der Waals surface area contributed by atoms with Crippen LogP contribution in [0.25, 0.3) is 77.3 Å². The van der Waals surface area contributed by atoms with Crippen LogP contribution in [-0.2, 0) is 0 Å². The molecule has 8 aromatic carbocycles. The zero-order chi connectivity index (χ0) is 37.7. The van der Waals surface area contributed by atoms with Crippen LogP contribution in [0.1, 0.15) is 24.0 Å². The second-order valence-electron chi connectivity index (χ2n) is 14.8. The molecule has 2 heterocycles. The first kappa shape index (κ1) is 33.0. The number of anilines is 3. The average molecular weight is 732 g/mol. The quantitative estimate of drug-likeness (QED) is 0.163. The van der Waals surface area contributed by atoms with Crippen molar-refractivity contribution >= 4 is 72.1 Å². The number of rotatable bonds is 7. The molecule has 270 valence electrons. The number of hydrogen-bond acceptors (Lipinski definition) is 3. The number of nitrogens with zero attached hydrogens (tertiary/aromatic N) is 1. The van der Waals surface area contributed by atoms with Gasteiger partial charge in [-0.05, 0) is 94.8 Å². The molecule has 1 aliphatic rings. The molecule has 3 heteroatoms. The normalized spacial score (nSPS) is 13.0. The molecule has 0 radical (unpaired) electrons. The van der Waals surface area contributed by atoms with E-state index in [0.29, 0.717) is 0 Å². The van der Waals surface area contributed by atoms with E-state index >= 15 is 0 Å². The van der Waals surface area contributed by atoms with E-state index < -0.39 is 0 Å². The zero-order valence-corrected chi connectivity index (χ0v) is 31.2. The van der Waals surface area contributed by atoms with Crippen LogP contribution in [-0.4, -0.2) is 0 Å². The Balaban J connectivity index is 0.968. The van der Waals surface area contributed by atoms with E-state index in [9.17, 15) is 0 Å². The summed E-state index contributed by atoms with van der Waals surface area (Å²) in [4.78, 5) is 2.34. The molecule has 10 aromatic rings. The second kappa shape index (κ2) is 13.7. The SMILES string of the molecule is C1=C(c2ccccc2)CCC(c2ccc(N(c3ccc(-c4cccc5c4oc4ccccc45)cc3)c3ccc(-c4cccc5c4oc4ccccc45)cc3)cc2)=C1. The number of furan rings is 2. The van der Waals surface area contributed by atoms with Gasteiger partial charge in [0.15, 0.2) is 0 Å². The first-order valence-electron chi connectivity index (χ1n) is 19.6. The van der Waals surface area contributed by atoms with Crippen molar-refractivity contribution in [2.24, 2.45) is 0 Å². The fourth-order valence-corrected chi connectivity index (χ4v) is 8.57. The van der Waals surface area contributed by atoms with Crippen LogP contribution in [0.4, 0.5) is 17.1 Å². The topological polar surface area (TPSA) is 29.5 Å². The largest absolute Gasteiger partial charge is 0.455 e. The van der Waals surface area contributed by atoms with Crippen LogP contribution in [0.3, 0.4) is 0 Å². The Bertz CT molecular complexity index is 2990. The van der Waals surface area contributed by atoms with E-state index in [1.165, 1.54) is 22.3 Å². The fraction of sp³-hybridized carbons (Fsp3) is 0.0370. The number of hydrogen-bond donors (Lipinski definition) is 0. The van der Waals surface area contributed by atoms with Crippen molar-refractivity contribution in [1.29, 1.82) is 0 Å². The molecule has 0 aliphatic heterocycles. The molecule has 0 spiro atoms. The summed E-state index contributed by atoms with van der Waals surface area (Å²) in [7, 11) is 0. The average Bonchev–Trinajstić information content (AvgIpc) is 3.87. The molecule has 0 bridgehead atoms. The molecule has 0 saturated heterocycles. The molecule has 3 nitrogen and oxygen atoms in total. The van der Waals surface area contributed by atoms with Crippen LogP contribution in [0.5, 0.6) is 0 Å². The Hall–Kier alpha value is -7.36. The highest BCUT2D eigenvalue weighted by molar-refractivity contribution is 6.10. The van der Waals surface area contributed by atoms with Crippen molar-refractivity contribution in [3.8, 4) is 22.3 Å². The van der Waals surface area contributed by atoms with Crippen LogP contribution in [0.15, 0.2) is 209 Å². The van der Waals surface area contributed by atoms with Gasteiger partial charge >= 0.3 is 0 Å². The smallest absolute Gasteiger partial charge is 0.143 e. The van der Waals surface area contributed by atoms with Gasteiger partial charge in [-0.2, -0.15) is 0 Å². The lowest BCUT2D eigenvalue weighted by molar-refractivity contribution is 0.669. The molecule has 0 amide bonds. The van der Waals surface area contributed by atoms with Crippen molar-refractivity contribution in [1.82, 2.24) is 0 Å². The maximum Gasteiger partial charge on any atom is 0.143 e. The van der Waals surface area contributed by atoms with Crippen LogP contribution in [0.2, 0.25) is 0 Å². The molecular weight excluding hydrogens is 695 g/mol. The summed E-state index contributed by atoms with van der Waals surface area (Å²) < 4.78 is 12.8. The minimum Gasteiger partial charge on any atom is -0.455 e.